The van der Waals surface area contributed by atoms with Gasteiger partial charge in [0.2, 0.25) is 0 Å². The van der Waals surface area contributed by atoms with Crippen molar-refractivity contribution in [3.63, 3.8) is 0 Å². The highest BCUT2D eigenvalue weighted by atomic mass is 35.5. The zero-order valence-electron chi connectivity index (χ0n) is 19.6. The largest absolute Gasteiger partial charge is 0.872 e. The van der Waals surface area contributed by atoms with Crippen LogP contribution >= 0.6 is 12.4 Å². The summed E-state index contributed by atoms with van der Waals surface area (Å²) in [6, 6.07) is 8.63. The van der Waals surface area contributed by atoms with Crippen molar-refractivity contribution < 1.29 is 33.9 Å². The number of benzene rings is 2. The van der Waals surface area contributed by atoms with Crippen LogP contribution in [0, 0.1) is 13.8 Å². The van der Waals surface area contributed by atoms with Gasteiger partial charge in [-0.3, -0.25) is 4.79 Å². The molecule has 0 fully saturated rings. The van der Waals surface area contributed by atoms with E-state index in [4.69, 9.17) is 13.9 Å². The Balaban J connectivity index is 0.00000408. The molecule has 2 N–H and O–H groups in total. The number of fused-ring (bicyclic) bond motifs is 1. The van der Waals surface area contributed by atoms with Gasteiger partial charge >= 0.3 is 17.6 Å². The fourth-order valence-corrected chi connectivity index (χ4v) is 3.73. The van der Waals surface area contributed by atoms with Crippen LogP contribution in [0.1, 0.15) is 46.0 Å². The van der Waals surface area contributed by atoms with Gasteiger partial charge in [-0.1, -0.05) is 5.75 Å². The molecule has 3 aromatic rings. The summed E-state index contributed by atoms with van der Waals surface area (Å²) in [5.74, 6) is -0.980. The smallest absolute Gasteiger partial charge is 0.339 e. The maximum Gasteiger partial charge on any atom is 0.339 e. The van der Waals surface area contributed by atoms with Crippen molar-refractivity contribution in [3.8, 4) is 5.75 Å². The number of aryl methyl sites for hydroxylation is 2. The minimum absolute atomic E-state index is 0. The van der Waals surface area contributed by atoms with Crippen LogP contribution in [-0.2, 0) is 27.2 Å². The zero-order valence-corrected chi connectivity index (χ0v) is 20.4. The normalized spacial score (nSPS) is 10.6. The second-order valence-electron chi connectivity index (χ2n) is 7.69. The number of hydrogen-bond donors (Lipinski definition) is 1. The van der Waals surface area contributed by atoms with E-state index < -0.39 is 11.6 Å². The molecule has 0 amide bonds. The second kappa shape index (κ2) is 11.7. The van der Waals surface area contributed by atoms with Crippen LogP contribution in [0.25, 0.3) is 11.0 Å². The molecule has 9 heteroatoms. The first-order chi connectivity index (χ1) is 15.8. The topological polar surface area (TPSA) is 122 Å². The molecule has 8 nitrogen and oxygen atoms in total. The van der Waals surface area contributed by atoms with Crippen molar-refractivity contribution in [1.29, 1.82) is 0 Å². The number of esters is 2. The Morgan fingerprint density at radius 3 is 2.41 bits per heavy atom. The van der Waals surface area contributed by atoms with Gasteiger partial charge in [0.15, 0.2) is 0 Å². The molecule has 0 radical (unpaired) electrons. The molecule has 0 saturated carbocycles. The number of halogens is 1. The summed E-state index contributed by atoms with van der Waals surface area (Å²) in [5.41, 5.74) is 3.05. The highest BCUT2D eigenvalue weighted by Crippen LogP contribution is 2.30. The molecule has 34 heavy (non-hydrogen) atoms. The summed E-state index contributed by atoms with van der Waals surface area (Å²) in [5, 5.41) is 15.4. The molecule has 0 unspecified atom stereocenters. The molecular weight excluding hydrogens is 462 g/mol. The summed E-state index contributed by atoms with van der Waals surface area (Å²) < 4.78 is 15.1. The third-order valence-corrected chi connectivity index (χ3v) is 5.61. The lowest BCUT2D eigenvalue weighted by Gasteiger charge is -2.19. The zero-order chi connectivity index (χ0) is 24.1. The van der Waals surface area contributed by atoms with Crippen molar-refractivity contribution in [2.24, 2.45) is 0 Å². The number of hydrogen-bond acceptors (Lipinski definition) is 7. The third kappa shape index (κ3) is 5.76. The van der Waals surface area contributed by atoms with Gasteiger partial charge in [0.25, 0.3) is 0 Å². The van der Waals surface area contributed by atoms with Gasteiger partial charge in [-0.25, -0.2) is 9.59 Å². The fraction of sp³-hybridized carbons (Fsp3) is 0.320. The van der Waals surface area contributed by atoms with Crippen LogP contribution in [0.2, 0.25) is 0 Å². The number of nitrogens with two attached hydrogens (primary N) is 1. The molecule has 0 bridgehead atoms. The van der Waals surface area contributed by atoms with Crippen LogP contribution in [0.15, 0.2) is 39.5 Å². The van der Waals surface area contributed by atoms with E-state index in [0.29, 0.717) is 39.7 Å². The maximum absolute atomic E-state index is 12.9. The Bertz CT molecular complexity index is 1250. The number of methoxy groups -OCH3 is 1. The van der Waals surface area contributed by atoms with Crippen LogP contribution in [-0.4, -0.2) is 25.7 Å². The minimum Gasteiger partial charge on any atom is -0.872 e. The number of rotatable bonds is 8. The van der Waals surface area contributed by atoms with Crippen molar-refractivity contribution >= 4 is 41.0 Å². The lowest BCUT2D eigenvalue weighted by Crippen LogP contribution is -2.76. The second-order valence-corrected chi connectivity index (χ2v) is 7.69. The molecule has 0 aliphatic rings. The van der Waals surface area contributed by atoms with Gasteiger partial charge in [-0.15, -0.1) is 12.4 Å². The van der Waals surface area contributed by atoms with E-state index in [1.54, 1.807) is 51.1 Å². The Kier molecular flexibility index (Phi) is 9.23. The maximum atomic E-state index is 12.9. The number of carbonyl (C=O) groups is 2. The molecule has 0 aliphatic heterocycles. The molecule has 182 valence electrons. The van der Waals surface area contributed by atoms with Crippen LogP contribution in [0.3, 0.4) is 0 Å². The SMILES string of the molecule is CCOC(=O)CCc1c(C)c2cc(C[NH2+]c3ccc(C(=O)OC)cc3)c([O-])c(C)c2oc1=O.Cl. The lowest BCUT2D eigenvalue weighted by molar-refractivity contribution is -0.589. The van der Waals surface area contributed by atoms with Crippen LogP contribution in [0.5, 0.6) is 5.75 Å². The van der Waals surface area contributed by atoms with Gasteiger partial charge in [0, 0.05) is 17.4 Å². The molecule has 0 spiro atoms. The highest BCUT2D eigenvalue weighted by molar-refractivity contribution is 5.89. The molecular formula is C25H28ClNO7. The van der Waals surface area contributed by atoms with Crippen molar-refractivity contribution in [2.75, 3.05) is 13.7 Å². The Labute approximate surface area is 203 Å². The van der Waals surface area contributed by atoms with Crippen molar-refractivity contribution in [2.45, 2.75) is 40.2 Å². The van der Waals surface area contributed by atoms with Crippen LogP contribution in [0.4, 0.5) is 5.69 Å². The van der Waals surface area contributed by atoms with Gasteiger partial charge in [0.05, 0.1) is 19.3 Å². The van der Waals surface area contributed by atoms with E-state index in [-0.39, 0.29) is 49.2 Å². The summed E-state index contributed by atoms with van der Waals surface area (Å²) >= 11 is 0. The summed E-state index contributed by atoms with van der Waals surface area (Å²) in [4.78, 5) is 35.8. The molecule has 3 rings (SSSR count). The molecule has 1 heterocycles. The van der Waals surface area contributed by atoms with Gasteiger partial charge in [0.1, 0.15) is 17.8 Å². The first-order valence-corrected chi connectivity index (χ1v) is 10.7. The first kappa shape index (κ1) is 26.9. The highest BCUT2D eigenvalue weighted by Gasteiger charge is 2.17. The summed E-state index contributed by atoms with van der Waals surface area (Å²) in [6.07, 6.45) is 0.279. The fourth-order valence-electron chi connectivity index (χ4n) is 3.73. The van der Waals surface area contributed by atoms with E-state index in [1.807, 2.05) is 5.32 Å². The molecule has 1 aromatic heterocycles. The Hall–Kier alpha value is -3.36. The summed E-state index contributed by atoms with van der Waals surface area (Å²) in [7, 11) is 1.33. The van der Waals surface area contributed by atoms with E-state index in [0.717, 1.165) is 5.69 Å². The molecule has 2 aromatic carbocycles. The standard InChI is InChI=1S/C25H27NO7.ClH/c1-5-32-21(27)11-10-19-14(2)20-12-17(22(28)15(3)23(20)33-25(19)30)13-26-18-8-6-16(7-9-18)24(29)31-4;/h6-9,12,26,28H,5,10-11,13H2,1-4H3;1H. The van der Waals surface area contributed by atoms with Crippen molar-refractivity contribution in [3.05, 3.63) is 68.6 Å². The first-order valence-electron chi connectivity index (χ1n) is 10.7. The van der Waals surface area contributed by atoms with E-state index >= 15 is 0 Å². The Morgan fingerprint density at radius 2 is 1.79 bits per heavy atom. The molecule has 0 saturated heterocycles. The van der Waals surface area contributed by atoms with E-state index in [2.05, 4.69) is 0 Å². The number of quaternary nitrogens is 1. The van der Waals surface area contributed by atoms with Crippen LogP contribution < -0.4 is 16.0 Å². The average molecular weight is 490 g/mol. The summed E-state index contributed by atoms with van der Waals surface area (Å²) in [6.45, 7) is 5.80. The molecule has 0 atom stereocenters. The van der Waals surface area contributed by atoms with Gasteiger partial charge in [-0.05, 0) is 74.2 Å². The van der Waals surface area contributed by atoms with Crippen molar-refractivity contribution in [1.82, 2.24) is 0 Å². The van der Waals surface area contributed by atoms with Gasteiger partial charge in [-0.2, -0.15) is 0 Å². The molecule has 0 aliphatic carbocycles. The van der Waals surface area contributed by atoms with Gasteiger partial charge < -0.3 is 24.3 Å². The number of carbonyl (C=O) groups excluding carboxylic acids is 2. The predicted octanol–water partition coefficient (Wildman–Crippen LogP) is 2.58. The van der Waals surface area contributed by atoms with E-state index in [9.17, 15) is 19.5 Å². The third-order valence-electron chi connectivity index (χ3n) is 5.61. The minimum atomic E-state index is -0.545. The Morgan fingerprint density at radius 1 is 1.12 bits per heavy atom. The average Bonchev–Trinajstić information content (AvgIpc) is 2.81. The monoisotopic (exact) mass is 489 g/mol. The quantitative estimate of drug-likeness (QED) is 0.293. The predicted molar refractivity (Wildman–Crippen MR) is 127 cm³/mol. The van der Waals surface area contributed by atoms with E-state index in [1.165, 1.54) is 7.11 Å². The lowest BCUT2D eigenvalue weighted by atomic mass is 9.97. The number of ether oxygens (including phenoxy) is 2.